The Bertz CT molecular complexity index is 1030. The highest BCUT2D eigenvalue weighted by atomic mass is 16.6. The number of rotatable bonds is 8. The predicted octanol–water partition coefficient (Wildman–Crippen LogP) is 2.88. The van der Waals surface area contributed by atoms with E-state index in [-0.39, 0.29) is 12.4 Å². The number of tetrazole rings is 1. The lowest BCUT2D eigenvalue weighted by Gasteiger charge is -2.25. The van der Waals surface area contributed by atoms with Gasteiger partial charge >= 0.3 is 6.09 Å². The van der Waals surface area contributed by atoms with Gasteiger partial charge in [-0.05, 0) is 28.1 Å². The standard InChI is InChI=1S/C20H23N7O3/c1-20(2,12-17-23-25-26-27(17)3)18(14-8-5-4-6-9-14)24-30-13-15-10-7-11-16(21-15)22-19(28)29/h4-11H,12-13H2,1-3H3,(H,21,22)(H,28,29). The number of hydrogen-bond acceptors (Lipinski definition) is 7. The second-order valence-corrected chi connectivity index (χ2v) is 7.30. The SMILES string of the molecule is Cn1nnnc1CC(C)(C)C(=NOCc1cccc(NC(=O)O)n1)c1ccccc1. The van der Waals surface area contributed by atoms with E-state index in [0.717, 1.165) is 17.1 Å². The summed E-state index contributed by atoms with van der Waals surface area (Å²) in [6, 6.07) is 14.7. The first-order chi connectivity index (χ1) is 14.3. The van der Waals surface area contributed by atoms with Gasteiger partial charge < -0.3 is 9.94 Å². The second-order valence-electron chi connectivity index (χ2n) is 7.30. The molecule has 1 amide bonds. The van der Waals surface area contributed by atoms with Crippen LogP contribution in [0.25, 0.3) is 0 Å². The summed E-state index contributed by atoms with van der Waals surface area (Å²) in [4.78, 5) is 20.6. The van der Waals surface area contributed by atoms with Gasteiger partial charge in [0.25, 0.3) is 0 Å². The summed E-state index contributed by atoms with van der Waals surface area (Å²) in [5.41, 5.74) is 1.79. The molecule has 2 N–H and O–H groups in total. The summed E-state index contributed by atoms with van der Waals surface area (Å²) in [6.45, 7) is 4.19. The van der Waals surface area contributed by atoms with Crippen molar-refractivity contribution in [1.82, 2.24) is 25.2 Å². The average molecular weight is 409 g/mol. The summed E-state index contributed by atoms with van der Waals surface area (Å²) in [7, 11) is 1.80. The van der Waals surface area contributed by atoms with E-state index in [1.807, 2.05) is 44.2 Å². The Labute approximate surface area is 173 Å². The normalized spacial score (nSPS) is 11.9. The smallest absolute Gasteiger partial charge is 0.410 e. The Morgan fingerprint density at radius 3 is 2.63 bits per heavy atom. The molecule has 0 aliphatic carbocycles. The van der Waals surface area contributed by atoms with Crippen molar-refractivity contribution in [3.8, 4) is 0 Å². The van der Waals surface area contributed by atoms with Crippen LogP contribution in [-0.2, 0) is 24.9 Å². The number of anilines is 1. The van der Waals surface area contributed by atoms with Crippen molar-refractivity contribution in [2.75, 3.05) is 5.32 Å². The molecule has 3 aromatic rings. The molecule has 0 saturated carbocycles. The van der Waals surface area contributed by atoms with Crippen molar-refractivity contribution < 1.29 is 14.7 Å². The number of nitrogens with zero attached hydrogens (tertiary/aromatic N) is 6. The van der Waals surface area contributed by atoms with E-state index < -0.39 is 11.5 Å². The molecule has 30 heavy (non-hydrogen) atoms. The molecule has 0 unspecified atom stereocenters. The number of amides is 1. The maximum atomic E-state index is 10.8. The topological polar surface area (TPSA) is 127 Å². The molecular weight excluding hydrogens is 386 g/mol. The number of aryl methyl sites for hydroxylation is 1. The first-order valence-corrected chi connectivity index (χ1v) is 9.28. The zero-order valence-corrected chi connectivity index (χ0v) is 17.0. The maximum absolute atomic E-state index is 10.8. The van der Waals surface area contributed by atoms with Crippen LogP contribution in [0.3, 0.4) is 0 Å². The molecule has 0 atom stereocenters. The number of pyridine rings is 1. The molecule has 0 fully saturated rings. The Balaban J connectivity index is 1.81. The van der Waals surface area contributed by atoms with Crippen molar-refractivity contribution >= 4 is 17.6 Å². The van der Waals surface area contributed by atoms with Crippen LogP contribution in [0.5, 0.6) is 0 Å². The van der Waals surface area contributed by atoms with Gasteiger partial charge in [-0.2, -0.15) is 0 Å². The van der Waals surface area contributed by atoms with Crippen LogP contribution in [0.15, 0.2) is 53.7 Å². The van der Waals surface area contributed by atoms with Crippen LogP contribution in [0.1, 0.15) is 30.9 Å². The molecule has 10 nitrogen and oxygen atoms in total. The summed E-state index contributed by atoms with van der Waals surface area (Å²) in [5, 5.41) is 27.1. The zero-order chi connectivity index (χ0) is 21.6. The number of oxime groups is 1. The molecule has 0 radical (unpaired) electrons. The third-order valence-electron chi connectivity index (χ3n) is 4.41. The Morgan fingerprint density at radius 1 is 1.20 bits per heavy atom. The molecule has 0 spiro atoms. The number of carboxylic acid groups (broad SMARTS) is 1. The summed E-state index contributed by atoms with van der Waals surface area (Å²) >= 11 is 0. The number of hydrogen-bond donors (Lipinski definition) is 2. The van der Waals surface area contributed by atoms with Crippen LogP contribution in [0.2, 0.25) is 0 Å². The summed E-state index contributed by atoms with van der Waals surface area (Å²) < 4.78 is 1.64. The highest BCUT2D eigenvalue weighted by Gasteiger charge is 2.30. The van der Waals surface area contributed by atoms with Gasteiger partial charge in [0.05, 0.1) is 11.4 Å². The summed E-state index contributed by atoms with van der Waals surface area (Å²) in [6.07, 6.45) is -0.617. The van der Waals surface area contributed by atoms with Gasteiger partial charge in [-0.15, -0.1) is 5.10 Å². The number of carbonyl (C=O) groups is 1. The van der Waals surface area contributed by atoms with E-state index in [1.165, 1.54) is 0 Å². The fourth-order valence-corrected chi connectivity index (χ4v) is 2.94. The Hall–Kier alpha value is -3.82. The van der Waals surface area contributed by atoms with E-state index >= 15 is 0 Å². The van der Waals surface area contributed by atoms with Gasteiger partial charge in [-0.1, -0.05) is 55.4 Å². The maximum Gasteiger partial charge on any atom is 0.410 e. The van der Waals surface area contributed by atoms with Gasteiger partial charge in [-0.25, -0.2) is 14.5 Å². The first-order valence-electron chi connectivity index (χ1n) is 9.28. The van der Waals surface area contributed by atoms with E-state index in [9.17, 15) is 4.79 Å². The lowest BCUT2D eigenvalue weighted by Crippen LogP contribution is -2.29. The third-order valence-corrected chi connectivity index (χ3v) is 4.41. The molecule has 2 heterocycles. The number of nitrogens with one attached hydrogen (secondary N) is 1. The molecule has 156 valence electrons. The molecule has 3 rings (SSSR count). The van der Waals surface area contributed by atoms with Crippen molar-refractivity contribution in [1.29, 1.82) is 0 Å². The molecule has 0 saturated heterocycles. The molecule has 2 aromatic heterocycles. The lowest BCUT2D eigenvalue weighted by molar-refractivity contribution is 0.125. The van der Waals surface area contributed by atoms with E-state index in [4.69, 9.17) is 9.94 Å². The highest BCUT2D eigenvalue weighted by molar-refractivity contribution is 6.04. The number of aromatic nitrogens is 5. The monoisotopic (exact) mass is 409 g/mol. The summed E-state index contributed by atoms with van der Waals surface area (Å²) in [5.74, 6) is 0.962. The molecule has 10 heteroatoms. The van der Waals surface area contributed by atoms with E-state index in [2.05, 4.69) is 31.0 Å². The van der Waals surface area contributed by atoms with Crippen molar-refractivity contribution in [3.05, 3.63) is 65.6 Å². The largest absolute Gasteiger partial charge is 0.465 e. The minimum absolute atomic E-state index is 0.0903. The van der Waals surface area contributed by atoms with Crippen LogP contribution >= 0.6 is 0 Å². The molecule has 0 aliphatic rings. The average Bonchev–Trinajstić information content (AvgIpc) is 3.09. The third kappa shape index (κ3) is 5.37. The number of benzene rings is 1. The van der Waals surface area contributed by atoms with Crippen LogP contribution in [0, 0.1) is 5.41 Å². The predicted molar refractivity (Wildman–Crippen MR) is 110 cm³/mol. The van der Waals surface area contributed by atoms with Crippen LogP contribution in [-0.4, -0.2) is 42.1 Å². The van der Waals surface area contributed by atoms with Crippen molar-refractivity contribution in [2.45, 2.75) is 26.9 Å². The van der Waals surface area contributed by atoms with Gasteiger partial charge in [0.1, 0.15) is 5.82 Å². The lowest BCUT2D eigenvalue weighted by atomic mass is 9.80. The Kier molecular flexibility index (Phi) is 6.35. The van der Waals surface area contributed by atoms with Gasteiger partial charge in [0.15, 0.2) is 12.4 Å². The van der Waals surface area contributed by atoms with Crippen LogP contribution in [0.4, 0.5) is 10.6 Å². The fraction of sp³-hybridized carbons (Fsp3) is 0.300. The van der Waals surface area contributed by atoms with Gasteiger partial charge in [-0.3, -0.25) is 5.32 Å². The van der Waals surface area contributed by atoms with Crippen molar-refractivity contribution in [3.63, 3.8) is 0 Å². The minimum Gasteiger partial charge on any atom is -0.465 e. The van der Waals surface area contributed by atoms with Gasteiger partial charge in [0.2, 0.25) is 0 Å². The molecular formula is C20H23N7O3. The minimum atomic E-state index is -1.18. The van der Waals surface area contributed by atoms with E-state index in [0.29, 0.717) is 12.1 Å². The molecule has 1 aromatic carbocycles. The Morgan fingerprint density at radius 2 is 1.97 bits per heavy atom. The highest BCUT2D eigenvalue weighted by Crippen LogP contribution is 2.27. The zero-order valence-electron chi connectivity index (χ0n) is 17.0. The molecule has 0 bridgehead atoms. The second kappa shape index (κ2) is 9.12. The first kappa shape index (κ1) is 20.9. The van der Waals surface area contributed by atoms with Crippen LogP contribution < -0.4 is 5.32 Å². The van der Waals surface area contributed by atoms with Gasteiger partial charge in [0, 0.05) is 18.9 Å². The van der Waals surface area contributed by atoms with Crippen molar-refractivity contribution in [2.24, 2.45) is 17.6 Å². The quantitative estimate of drug-likeness (QED) is 0.432. The molecule has 0 aliphatic heterocycles. The van der Waals surface area contributed by atoms with E-state index in [1.54, 1.807) is 29.9 Å². The fourth-order valence-electron chi connectivity index (χ4n) is 2.94.